The lowest BCUT2D eigenvalue weighted by Gasteiger charge is -2.19. The summed E-state index contributed by atoms with van der Waals surface area (Å²) in [6, 6.07) is 12.3. The molecule has 0 amide bonds. The highest BCUT2D eigenvalue weighted by molar-refractivity contribution is 7.91. The third-order valence-electron chi connectivity index (χ3n) is 5.90. The van der Waals surface area contributed by atoms with Gasteiger partial charge in [0.1, 0.15) is 5.60 Å². The van der Waals surface area contributed by atoms with Crippen molar-refractivity contribution in [3.63, 3.8) is 0 Å². The first kappa shape index (κ1) is 26.0. The van der Waals surface area contributed by atoms with Gasteiger partial charge >= 0.3 is 6.09 Å². The van der Waals surface area contributed by atoms with Gasteiger partial charge < -0.3 is 9.47 Å². The average Bonchev–Trinajstić information content (AvgIpc) is 3.34. The van der Waals surface area contributed by atoms with Crippen molar-refractivity contribution in [2.75, 3.05) is 7.11 Å². The quantitative estimate of drug-likeness (QED) is 0.322. The second-order valence-electron chi connectivity index (χ2n) is 9.79. The lowest BCUT2D eigenvalue weighted by Crippen LogP contribution is -2.27. The van der Waals surface area contributed by atoms with Gasteiger partial charge in [-0.25, -0.2) is 22.9 Å². The fraction of sp³-hybridized carbons (Fsp3) is 0.222. The fourth-order valence-electron chi connectivity index (χ4n) is 4.08. The van der Waals surface area contributed by atoms with Gasteiger partial charge in [-0.15, -0.1) is 0 Å². The van der Waals surface area contributed by atoms with Crippen molar-refractivity contribution < 1.29 is 22.7 Å². The normalized spacial score (nSPS) is 12.1. The zero-order chi connectivity index (χ0) is 27.9. The summed E-state index contributed by atoms with van der Waals surface area (Å²) in [5, 5.41) is 9.27. The molecule has 0 saturated heterocycles. The first-order chi connectivity index (χ1) is 18.5. The van der Waals surface area contributed by atoms with Gasteiger partial charge in [-0.05, 0) is 56.7 Å². The van der Waals surface area contributed by atoms with E-state index >= 15 is 0 Å². The number of carbonyl (C=O) groups excluding carboxylic acids is 1. The smallest absolute Gasteiger partial charge is 0.435 e. The van der Waals surface area contributed by atoms with Crippen LogP contribution in [0.2, 0.25) is 0 Å². The molecule has 200 valence electrons. The van der Waals surface area contributed by atoms with E-state index < -0.39 is 21.5 Å². The Balaban J connectivity index is 1.50. The van der Waals surface area contributed by atoms with E-state index in [9.17, 15) is 18.0 Å². The molecular formula is C27H25N5O6S. The number of methoxy groups -OCH3 is 1. The van der Waals surface area contributed by atoms with Gasteiger partial charge in [0.15, 0.2) is 0 Å². The van der Waals surface area contributed by atoms with Crippen molar-refractivity contribution in [2.24, 2.45) is 0 Å². The van der Waals surface area contributed by atoms with E-state index in [-0.39, 0.29) is 27.3 Å². The van der Waals surface area contributed by atoms with Crippen LogP contribution in [0.3, 0.4) is 0 Å². The minimum absolute atomic E-state index is 0.0224. The maximum Gasteiger partial charge on any atom is 0.435 e. The molecule has 12 heteroatoms. The van der Waals surface area contributed by atoms with Crippen molar-refractivity contribution in [1.29, 1.82) is 0 Å². The Hall–Kier alpha value is -4.58. The van der Waals surface area contributed by atoms with Crippen LogP contribution in [0.5, 0.6) is 5.88 Å². The summed E-state index contributed by atoms with van der Waals surface area (Å²) in [4.78, 5) is 29.8. The highest BCUT2D eigenvalue weighted by Crippen LogP contribution is 2.30. The van der Waals surface area contributed by atoms with Crippen molar-refractivity contribution >= 4 is 37.6 Å². The fourth-order valence-corrected chi connectivity index (χ4v) is 5.57. The third-order valence-corrected chi connectivity index (χ3v) is 7.71. The van der Waals surface area contributed by atoms with Crippen LogP contribution >= 0.6 is 0 Å². The number of carbonyl (C=O) groups is 1. The van der Waals surface area contributed by atoms with Crippen LogP contribution in [0, 0.1) is 0 Å². The summed E-state index contributed by atoms with van der Waals surface area (Å²) in [5.74, 6) is 0.458. The summed E-state index contributed by atoms with van der Waals surface area (Å²) in [5.41, 5.74) is -0.0666. The van der Waals surface area contributed by atoms with Crippen molar-refractivity contribution in [3.8, 4) is 5.88 Å². The van der Waals surface area contributed by atoms with E-state index in [2.05, 4.69) is 15.2 Å². The number of hydrogen-bond acceptors (Lipinski definition) is 9. The standard InChI is InChI=1S/C27H25N5O6S/c1-27(2,3)38-26(34)32-22-6-5-7-23(21(22)15-30-32)39(35,36)19-9-10-20-18(12-19)14-29-31(25(20)33)16-17-8-11-24(37-4)28-13-17/h5-15H,16H2,1-4H3. The predicted molar refractivity (Wildman–Crippen MR) is 143 cm³/mol. The molecule has 0 bridgehead atoms. The molecule has 5 rings (SSSR count). The first-order valence-electron chi connectivity index (χ1n) is 11.9. The molecule has 5 aromatic rings. The van der Waals surface area contributed by atoms with Crippen LogP contribution < -0.4 is 10.3 Å². The number of benzene rings is 2. The lowest BCUT2D eigenvalue weighted by atomic mass is 10.2. The molecular weight excluding hydrogens is 522 g/mol. The minimum Gasteiger partial charge on any atom is -0.481 e. The monoisotopic (exact) mass is 547 g/mol. The van der Waals surface area contributed by atoms with E-state index in [1.165, 1.54) is 54.5 Å². The van der Waals surface area contributed by atoms with Gasteiger partial charge in [-0.3, -0.25) is 4.79 Å². The second kappa shape index (κ2) is 9.62. The topological polar surface area (TPSA) is 135 Å². The lowest BCUT2D eigenvalue weighted by molar-refractivity contribution is 0.0522. The highest BCUT2D eigenvalue weighted by Gasteiger charge is 2.25. The van der Waals surface area contributed by atoms with E-state index in [1.54, 1.807) is 45.2 Å². The van der Waals surface area contributed by atoms with E-state index in [4.69, 9.17) is 9.47 Å². The van der Waals surface area contributed by atoms with Gasteiger partial charge in [0.05, 0.1) is 46.7 Å². The number of aromatic nitrogens is 5. The number of ether oxygens (including phenoxy) is 2. The summed E-state index contributed by atoms with van der Waals surface area (Å²) in [6.07, 6.45) is 3.65. The zero-order valence-electron chi connectivity index (χ0n) is 21.7. The van der Waals surface area contributed by atoms with Gasteiger partial charge in [0, 0.05) is 23.0 Å². The molecule has 0 unspecified atom stereocenters. The van der Waals surface area contributed by atoms with Crippen LogP contribution in [-0.2, 0) is 21.1 Å². The molecule has 2 aromatic carbocycles. The molecule has 0 aliphatic carbocycles. The molecule has 0 aliphatic heterocycles. The van der Waals surface area contributed by atoms with E-state index in [0.29, 0.717) is 22.2 Å². The summed E-state index contributed by atoms with van der Waals surface area (Å²) in [6.45, 7) is 5.37. The molecule has 0 spiro atoms. The second-order valence-corrected chi connectivity index (χ2v) is 11.7. The zero-order valence-corrected chi connectivity index (χ0v) is 22.5. The minimum atomic E-state index is -4.04. The summed E-state index contributed by atoms with van der Waals surface area (Å²) < 4.78 is 40.1. The third kappa shape index (κ3) is 4.98. The number of hydrogen-bond donors (Lipinski definition) is 0. The molecule has 0 N–H and O–H groups in total. The number of rotatable bonds is 5. The summed E-state index contributed by atoms with van der Waals surface area (Å²) in [7, 11) is -2.53. The van der Waals surface area contributed by atoms with Crippen LogP contribution in [0.15, 0.2) is 81.7 Å². The molecule has 11 nitrogen and oxygen atoms in total. The van der Waals surface area contributed by atoms with E-state index in [0.717, 1.165) is 10.2 Å². The molecule has 0 fully saturated rings. The van der Waals surface area contributed by atoms with Gasteiger partial charge in [0.25, 0.3) is 5.56 Å². The summed E-state index contributed by atoms with van der Waals surface area (Å²) >= 11 is 0. The van der Waals surface area contributed by atoms with Crippen LogP contribution in [0.25, 0.3) is 21.7 Å². The molecule has 0 atom stereocenters. The van der Waals surface area contributed by atoms with Crippen LogP contribution in [-0.4, -0.2) is 51.8 Å². The molecule has 3 heterocycles. The van der Waals surface area contributed by atoms with Crippen LogP contribution in [0.1, 0.15) is 26.3 Å². The maximum atomic E-state index is 13.7. The molecule has 39 heavy (non-hydrogen) atoms. The van der Waals surface area contributed by atoms with Gasteiger partial charge in [-0.1, -0.05) is 12.1 Å². The number of fused-ring (bicyclic) bond motifs is 2. The molecule has 0 saturated carbocycles. The average molecular weight is 548 g/mol. The van der Waals surface area contributed by atoms with Crippen molar-refractivity contribution in [1.82, 2.24) is 24.5 Å². The van der Waals surface area contributed by atoms with Gasteiger partial charge in [0.2, 0.25) is 15.7 Å². The Morgan fingerprint density at radius 3 is 2.46 bits per heavy atom. The molecule has 3 aromatic heterocycles. The SMILES string of the molecule is COc1ccc(Cn2ncc3cc(S(=O)(=O)c4cccc5c4cnn5C(=O)OC(C)(C)C)ccc3c2=O)cn1. The maximum absolute atomic E-state index is 13.7. The highest BCUT2D eigenvalue weighted by atomic mass is 32.2. The van der Waals surface area contributed by atoms with Crippen molar-refractivity contribution in [3.05, 3.63) is 83.0 Å². The van der Waals surface area contributed by atoms with Crippen LogP contribution in [0.4, 0.5) is 4.79 Å². The van der Waals surface area contributed by atoms with E-state index in [1.807, 2.05) is 0 Å². The van der Waals surface area contributed by atoms with Crippen molar-refractivity contribution in [2.45, 2.75) is 42.7 Å². The largest absolute Gasteiger partial charge is 0.481 e. The Kier molecular flexibility index (Phi) is 6.43. The molecule has 0 radical (unpaired) electrons. The number of sulfone groups is 1. The Labute approximate surface area is 223 Å². The Morgan fingerprint density at radius 2 is 1.77 bits per heavy atom. The van der Waals surface area contributed by atoms with Gasteiger partial charge in [-0.2, -0.15) is 14.9 Å². The Morgan fingerprint density at radius 1 is 0.974 bits per heavy atom. The number of nitrogens with zero attached hydrogens (tertiary/aromatic N) is 5. The first-order valence-corrected chi connectivity index (χ1v) is 13.4. The Bertz CT molecular complexity index is 1890. The predicted octanol–water partition coefficient (Wildman–Crippen LogP) is 3.81. The number of pyridine rings is 1. The molecule has 0 aliphatic rings.